The first-order valence-electron chi connectivity index (χ1n) is 7.30. The van der Waals surface area contributed by atoms with Gasteiger partial charge in [-0.1, -0.05) is 36.6 Å². The lowest BCUT2D eigenvalue weighted by molar-refractivity contribution is -0.145. The zero-order valence-electron chi connectivity index (χ0n) is 11.8. The average molecular weight is 310 g/mol. The topological polar surface area (TPSA) is 66.4 Å². The summed E-state index contributed by atoms with van der Waals surface area (Å²) in [6, 6.07) is 7.20. The molecule has 1 amide bonds. The number of aliphatic carboxylic acids is 1. The van der Waals surface area contributed by atoms with Crippen molar-refractivity contribution < 1.29 is 14.7 Å². The van der Waals surface area contributed by atoms with E-state index in [2.05, 4.69) is 5.32 Å². The monoisotopic (exact) mass is 309 g/mol. The molecule has 0 aliphatic heterocycles. The van der Waals surface area contributed by atoms with Crippen LogP contribution in [0.1, 0.15) is 31.2 Å². The molecule has 0 radical (unpaired) electrons. The van der Waals surface area contributed by atoms with Gasteiger partial charge in [0, 0.05) is 11.6 Å². The number of carbonyl (C=O) groups excluding carboxylic acids is 1. The fraction of sp³-hybridized carbons (Fsp3) is 0.500. The maximum Gasteiger partial charge on any atom is 0.306 e. The van der Waals surface area contributed by atoms with E-state index in [4.69, 9.17) is 11.6 Å². The molecule has 2 rings (SSSR count). The summed E-state index contributed by atoms with van der Waals surface area (Å²) in [6.45, 7) is 0.441. The van der Waals surface area contributed by atoms with Gasteiger partial charge in [0.25, 0.3) is 0 Å². The fourth-order valence-electron chi connectivity index (χ4n) is 2.92. The average Bonchev–Trinajstić information content (AvgIpc) is 2.45. The van der Waals surface area contributed by atoms with Crippen molar-refractivity contribution in [1.29, 1.82) is 0 Å². The summed E-state index contributed by atoms with van der Waals surface area (Å²) in [6.07, 6.45) is 3.85. The Hall–Kier alpha value is -1.55. The number of amides is 1. The number of hydrogen-bond acceptors (Lipinski definition) is 2. The number of halogens is 1. The van der Waals surface area contributed by atoms with Gasteiger partial charge >= 0.3 is 5.97 Å². The second-order valence-corrected chi connectivity index (χ2v) is 6.04. The molecule has 2 atom stereocenters. The summed E-state index contributed by atoms with van der Waals surface area (Å²) < 4.78 is 0. The van der Waals surface area contributed by atoms with E-state index in [1.165, 1.54) is 0 Å². The first-order valence-corrected chi connectivity index (χ1v) is 7.68. The van der Waals surface area contributed by atoms with Gasteiger partial charge in [-0.3, -0.25) is 9.59 Å². The van der Waals surface area contributed by atoms with Crippen LogP contribution in [0.25, 0.3) is 0 Å². The minimum atomic E-state index is -0.746. The molecule has 1 aliphatic rings. The Morgan fingerprint density at radius 1 is 1.29 bits per heavy atom. The van der Waals surface area contributed by atoms with Crippen LogP contribution in [0.4, 0.5) is 0 Å². The number of carbonyl (C=O) groups is 2. The van der Waals surface area contributed by atoms with Crippen LogP contribution in [0.15, 0.2) is 24.3 Å². The van der Waals surface area contributed by atoms with E-state index in [9.17, 15) is 14.7 Å². The van der Waals surface area contributed by atoms with Gasteiger partial charge in [-0.05, 0) is 36.5 Å². The van der Waals surface area contributed by atoms with Crippen LogP contribution in [0.3, 0.4) is 0 Å². The lowest BCUT2D eigenvalue weighted by atomic mass is 9.79. The summed E-state index contributed by atoms with van der Waals surface area (Å²) in [4.78, 5) is 23.2. The second-order valence-electron chi connectivity index (χ2n) is 5.60. The number of rotatable bonds is 5. The van der Waals surface area contributed by atoms with Crippen LogP contribution >= 0.6 is 11.6 Å². The molecule has 0 heterocycles. The van der Waals surface area contributed by atoms with E-state index in [-0.39, 0.29) is 24.2 Å². The maximum absolute atomic E-state index is 11.9. The molecule has 1 aromatic carbocycles. The standard InChI is InChI=1S/C16H20ClNO3/c17-13-6-3-4-11(8-13)9-15(19)18-10-12-5-1-2-7-14(12)16(20)21/h3-4,6,8,12,14H,1-2,5,7,9-10H2,(H,18,19)(H,20,21). The molecule has 21 heavy (non-hydrogen) atoms. The molecule has 1 aliphatic carbocycles. The van der Waals surface area contributed by atoms with Gasteiger partial charge in [-0.25, -0.2) is 0 Å². The van der Waals surface area contributed by atoms with E-state index in [1.807, 2.05) is 12.1 Å². The summed E-state index contributed by atoms with van der Waals surface area (Å²) in [5, 5.41) is 12.7. The van der Waals surface area contributed by atoms with Gasteiger partial charge in [-0.2, -0.15) is 0 Å². The number of nitrogens with one attached hydrogen (secondary N) is 1. The first kappa shape index (κ1) is 15.8. The lowest BCUT2D eigenvalue weighted by Crippen LogP contribution is -2.37. The highest BCUT2D eigenvalue weighted by atomic mass is 35.5. The van der Waals surface area contributed by atoms with Gasteiger partial charge in [0.2, 0.25) is 5.91 Å². The Labute approximate surface area is 129 Å². The zero-order valence-corrected chi connectivity index (χ0v) is 12.6. The highest BCUT2D eigenvalue weighted by Gasteiger charge is 2.30. The molecule has 1 saturated carbocycles. The molecule has 4 nitrogen and oxygen atoms in total. The van der Waals surface area contributed by atoms with Gasteiger partial charge in [-0.15, -0.1) is 0 Å². The summed E-state index contributed by atoms with van der Waals surface area (Å²) >= 11 is 5.88. The van der Waals surface area contributed by atoms with Crippen molar-refractivity contribution >= 4 is 23.5 Å². The summed E-state index contributed by atoms with van der Waals surface area (Å²) in [5.41, 5.74) is 0.860. The molecule has 0 aromatic heterocycles. The van der Waals surface area contributed by atoms with Crippen molar-refractivity contribution in [1.82, 2.24) is 5.32 Å². The van der Waals surface area contributed by atoms with Crippen molar-refractivity contribution in [3.8, 4) is 0 Å². The predicted molar refractivity (Wildman–Crippen MR) is 81.2 cm³/mol. The van der Waals surface area contributed by atoms with E-state index >= 15 is 0 Å². The van der Waals surface area contributed by atoms with Crippen LogP contribution < -0.4 is 5.32 Å². The molecule has 2 N–H and O–H groups in total. The Balaban J connectivity index is 1.84. The Morgan fingerprint density at radius 2 is 2.05 bits per heavy atom. The van der Waals surface area contributed by atoms with Crippen LogP contribution in [0.5, 0.6) is 0 Å². The molecule has 1 fully saturated rings. The molecule has 0 spiro atoms. The Bertz CT molecular complexity index is 518. The second kappa shape index (κ2) is 7.46. The minimum absolute atomic E-state index is 0.0413. The largest absolute Gasteiger partial charge is 0.481 e. The normalized spacial score (nSPS) is 21.8. The van der Waals surface area contributed by atoms with Crippen LogP contribution in [0.2, 0.25) is 5.02 Å². The number of carboxylic acids is 1. The van der Waals surface area contributed by atoms with E-state index < -0.39 is 5.97 Å². The maximum atomic E-state index is 11.9. The van der Waals surface area contributed by atoms with Crippen molar-refractivity contribution in [2.75, 3.05) is 6.54 Å². The van der Waals surface area contributed by atoms with Crippen molar-refractivity contribution in [2.45, 2.75) is 32.1 Å². The third kappa shape index (κ3) is 4.74. The molecular weight excluding hydrogens is 290 g/mol. The number of hydrogen-bond donors (Lipinski definition) is 2. The molecule has 1 aromatic rings. The van der Waals surface area contributed by atoms with Crippen LogP contribution in [-0.4, -0.2) is 23.5 Å². The lowest BCUT2D eigenvalue weighted by Gasteiger charge is -2.28. The zero-order chi connectivity index (χ0) is 15.2. The third-order valence-electron chi connectivity index (χ3n) is 4.04. The quantitative estimate of drug-likeness (QED) is 0.879. The summed E-state index contributed by atoms with van der Waals surface area (Å²) in [5.74, 6) is -1.12. The van der Waals surface area contributed by atoms with Crippen molar-refractivity contribution in [3.63, 3.8) is 0 Å². The SMILES string of the molecule is O=C(Cc1cccc(Cl)c1)NCC1CCCCC1C(=O)O. The van der Waals surface area contributed by atoms with Crippen LogP contribution in [0, 0.1) is 11.8 Å². The molecule has 2 unspecified atom stereocenters. The van der Waals surface area contributed by atoms with E-state index in [1.54, 1.807) is 12.1 Å². The highest BCUT2D eigenvalue weighted by Crippen LogP contribution is 2.29. The third-order valence-corrected chi connectivity index (χ3v) is 4.28. The van der Waals surface area contributed by atoms with Gasteiger partial charge < -0.3 is 10.4 Å². The van der Waals surface area contributed by atoms with Crippen molar-refractivity contribution in [2.24, 2.45) is 11.8 Å². The highest BCUT2D eigenvalue weighted by molar-refractivity contribution is 6.30. The molecular formula is C16H20ClNO3. The van der Waals surface area contributed by atoms with Crippen LogP contribution in [-0.2, 0) is 16.0 Å². The fourth-order valence-corrected chi connectivity index (χ4v) is 3.13. The molecule has 114 valence electrons. The van der Waals surface area contributed by atoms with E-state index in [0.717, 1.165) is 24.8 Å². The smallest absolute Gasteiger partial charge is 0.306 e. The first-order chi connectivity index (χ1) is 10.1. The number of carboxylic acid groups (broad SMARTS) is 1. The number of benzene rings is 1. The van der Waals surface area contributed by atoms with Gasteiger partial charge in [0.15, 0.2) is 0 Å². The molecule has 0 saturated heterocycles. The van der Waals surface area contributed by atoms with E-state index in [0.29, 0.717) is 18.0 Å². The Kier molecular flexibility index (Phi) is 5.62. The van der Waals surface area contributed by atoms with Gasteiger partial charge in [0.05, 0.1) is 12.3 Å². The molecule has 5 heteroatoms. The molecule has 0 bridgehead atoms. The Morgan fingerprint density at radius 3 is 2.76 bits per heavy atom. The van der Waals surface area contributed by atoms with Gasteiger partial charge in [0.1, 0.15) is 0 Å². The van der Waals surface area contributed by atoms with Crippen molar-refractivity contribution in [3.05, 3.63) is 34.9 Å². The predicted octanol–water partition coefficient (Wildman–Crippen LogP) is 2.89. The summed E-state index contributed by atoms with van der Waals surface area (Å²) in [7, 11) is 0. The minimum Gasteiger partial charge on any atom is -0.481 e.